The topological polar surface area (TPSA) is 108 Å². The van der Waals surface area contributed by atoms with Gasteiger partial charge in [0.2, 0.25) is 0 Å². The number of nitrogens with one attached hydrogen (secondary N) is 1. The number of benzene rings is 1. The molecule has 1 saturated carbocycles. The van der Waals surface area contributed by atoms with Crippen molar-refractivity contribution in [1.29, 1.82) is 0 Å². The minimum atomic E-state index is -1.58. The predicted molar refractivity (Wildman–Crippen MR) is 144 cm³/mol. The number of ether oxygens (including phenoxy) is 1. The van der Waals surface area contributed by atoms with E-state index in [4.69, 9.17) is 9.26 Å². The largest absolute Gasteiger partial charge is 0.598 e. The number of imide groups is 1. The number of amides is 2. The maximum Gasteiger partial charge on any atom is 0.421 e. The van der Waals surface area contributed by atoms with Crippen LogP contribution in [-0.4, -0.2) is 32.1 Å². The maximum atomic E-state index is 14.5. The lowest BCUT2D eigenvalue weighted by molar-refractivity contribution is -0.126. The molecule has 0 radical (unpaired) electrons. The molecule has 1 aromatic carbocycles. The Morgan fingerprint density at radius 2 is 1.81 bits per heavy atom. The van der Waals surface area contributed by atoms with Crippen LogP contribution in [0.2, 0.25) is 0 Å². The van der Waals surface area contributed by atoms with Crippen LogP contribution in [0, 0.1) is 19.8 Å². The van der Waals surface area contributed by atoms with Gasteiger partial charge in [-0.1, -0.05) is 30.5 Å². The number of rotatable bonds is 4. The zero-order valence-electron chi connectivity index (χ0n) is 23.2. The van der Waals surface area contributed by atoms with E-state index in [-0.39, 0.29) is 5.92 Å². The number of hydrogen-bond acceptors (Lipinski definition) is 7. The van der Waals surface area contributed by atoms with Crippen molar-refractivity contribution >= 4 is 29.0 Å². The monoisotopic (exact) mass is 529 g/mol. The fourth-order valence-corrected chi connectivity index (χ4v) is 6.36. The molecule has 37 heavy (non-hydrogen) atoms. The van der Waals surface area contributed by atoms with Gasteiger partial charge >= 0.3 is 6.09 Å². The fraction of sp³-hybridized carbons (Fsp3) is 0.607. The van der Waals surface area contributed by atoms with Crippen molar-refractivity contribution in [1.82, 2.24) is 9.88 Å². The minimum absolute atomic E-state index is 0.133. The standard InChI is InChI=1S/C28H39N3O5S/c1-17-23(18(2)36-29-17)19-14-15-22-21(16-19)28(20-12-10-9-11-13-20,30-37(34)27(6,7)8)24(32)31(22)25(33)35-26(3,4)5/h14-16,20,30H,9-13H2,1-8H3/t28-,37?/m0/s1. The Bertz CT molecular complexity index is 1170. The third-order valence-electron chi connectivity index (χ3n) is 7.13. The third-order valence-corrected chi connectivity index (χ3v) is 8.75. The van der Waals surface area contributed by atoms with E-state index in [0.29, 0.717) is 17.0 Å². The van der Waals surface area contributed by atoms with Crippen LogP contribution >= 0.6 is 0 Å². The second kappa shape index (κ2) is 9.75. The average Bonchev–Trinajstić information content (AvgIpc) is 3.26. The molecular formula is C28H39N3O5S. The quantitative estimate of drug-likeness (QED) is 0.479. The molecule has 0 spiro atoms. The molecule has 0 bridgehead atoms. The Labute approximate surface area is 222 Å². The summed E-state index contributed by atoms with van der Waals surface area (Å²) in [5, 5.41) is 4.10. The van der Waals surface area contributed by atoms with Gasteiger partial charge in [0.05, 0.1) is 11.4 Å². The van der Waals surface area contributed by atoms with Crippen LogP contribution in [0.3, 0.4) is 0 Å². The molecule has 1 unspecified atom stereocenters. The van der Waals surface area contributed by atoms with Gasteiger partial charge in [0.1, 0.15) is 16.1 Å². The lowest BCUT2D eigenvalue weighted by Gasteiger charge is -2.40. The van der Waals surface area contributed by atoms with Gasteiger partial charge in [-0.25, -0.2) is 9.69 Å². The lowest BCUT2D eigenvalue weighted by Crippen LogP contribution is -2.61. The van der Waals surface area contributed by atoms with Gasteiger partial charge in [-0.3, -0.25) is 4.79 Å². The second-order valence-corrected chi connectivity index (χ2v) is 14.1. The van der Waals surface area contributed by atoms with Crippen LogP contribution in [0.25, 0.3) is 11.1 Å². The van der Waals surface area contributed by atoms with E-state index in [1.165, 1.54) is 0 Å². The van der Waals surface area contributed by atoms with Crippen LogP contribution in [0.15, 0.2) is 22.7 Å². The molecule has 1 aliphatic heterocycles. The van der Waals surface area contributed by atoms with Crippen molar-refractivity contribution in [3.8, 4) is 11.1 Å². The summed E-state index contributed by atoms with van der Waals surface area (Å²) in [6.07, 6.45) is 3.87. The van der Waals surface area contributed by atoms with Gasteiger partial charge in [-0.2, -0.15) is 0 Å². The zero-order valence-corrected chi connectivity index (χ0v) is 24.0. The summed E-state index contributed by atoms with van der Waals surface area (Å²) >= 11 is -1.58. The van der Waals surface area contributed by atoms with Crippen molar-refractivity contribution < 1.29 is 23.4 Å². The smallest absolute Gasteiger partial charge is 0.421 e. The van der Waals surface area contributed by atoms with Gasteiger partial charge in [0.15, 0.2) is 5.54 Å². The van der Waals surface area contributed by atoms with Crippen LogP contribution < -0.4 is 9.62 Å². The molecule has 2 amide bonds. The van der Waals surface area contributed by atoms with Crippen LogP contribution in [0.4, 0.5) is 10.5 Å². The number of aryl methyl sites for hydroxylation is 2. The van der Waals surface area contributed by atoms with Crippen molar-refractivity contribution in [3.63, 3.8) is 0 Å². The average molecular weight is 530 g/mol. The SMILES string of the molecule is Cc1noc(C)c1-c1ccc2c(c1)[C@@](N[S+]([O-])C(C)(C)C)(C1CCCCC1)C(=O)N2C(=O)OC(C)(C)C. The number of anilines is 1. The molecule has 1 N–H and O–H groups in total. The first kappa shape index (κ1) is 27.7. The Balaban J connectivity index is 1.96. The highest BCUT2D eigenvalue weighted by molar-refractivity contribution is 7.90. The number of carbonyl (C=O) groups is 2. The Hall–Kier alpha value is -2.36. The predicted octanol–water partition coefficient (Wildman–Crippen LogP) is 6.07. The van der Waals surface area contributed by atoms with Crippen molar-refractivity contribution in [3.05, 3.63) is 35.2 Å². The van der Waals surface area contributed by atoms with Crippen LogP contribution in [-0.2, 0) is 26.4 Å². The summed E-state index contributed by atoms with van der Waals surface area (Å²) in [6, 6.07) is 5.59. The summed E-state index contributed by atoms with van der Waals surface area (Å²) in [5.74, 6) is 0.101. The molecule has 2 heterocycles. The van der Waals surface area contributed by atoms with Gasteiger partial charge in [0.25, 0.3) is 5.91 Å². The third kappa shape index (κ3) is 5.05. The van der Waals surface area contributed by atoms with E-state index in [9.17, 15) is 14.1 Å². The minimum Gasteiger partial charge on any atom is -0.598 e. The highest BCUT2D eigenvalue weighted by Gasteiger charge is 2.61. The molecule has 1 aromatic heterocycles. The Kier molecular flexibility index (Phi) is 7.29. The number of hydrogen-bond donors (Lipinski definition) is 1. The molecule has 8 nitrogen and oxygen atoms in total. The second-order valence-electron chi connectivity index (χ2n) is 12.2. The summed E-state index contributed by atoms with van der Waals surface area (Å²) in [6.45, 7) is 14.7. The van der Waals surface area contributed by atoms with Crippen molar-refractivity contribution in [2.75, 3.05) is 4.90 Å². The molecule has 2 aromatic rings. The van der Waals surface area contributed by atoms with E-state index < -0.39 is 39.2 Å². The molecule has 9 heteroatoms. The van der Waals surface area contributed by atoms with Gasteiger partial charge < -0.3 is 13.8 Å². The number of fused-ring (bicyclic) bond motifs is 1. The maximum absolute atomic E-state index is 14.5. The fourth-order valence-electron chi connectivity index (χ4n) is 5.40. The highest BCUT2D eigenvalue weighted by Crippen LogP contribution is 2.51. The first-order valence-electron chi connectivity index (χ1n) is 13.0. The van der Waals surface area contributed by atoms with Crippen LogP contribution in [0.5, 0.6) is 0 Å². The number of aromatic nitrogens is 1. The van der Waals surface area contributed by atoms with E-state index >= 15 is 0 Å². The molecule has 2 atom stereocenters. The number of nitrogens with zero attached hydrogens (tertiary/aromatic N) is 2. The number of carbonyl (C=O) groups excluding carboxylic acids is 2. The Morgan fingerprint density at radius 1 is 1.16 bits per heavy atom. The van der Waals surface area contributed by atoms with Crippen molar-refractivity contribution in [2.45, 2.75) is 103 Å². The first-order chi connectivity index (χ1) is 17.2. The van der Waals surface area contributed by atoms with E-state index in [1.54, 1.807) is 26.8 Å². The van der Waals surface area contributed by atoms with Gasteiger partial charge in [0, 0.05) is 22.5 Å². The molecule has 202 valence electrons. The summed E-state index contributed by atoms with van der Waals surface area (Å²) in [5.41, 5.74) is 1.40. The summed E-state index contributed by atoms with van der Waals surface area (Å²) < 4.78 is 27.4. The lowest BCUT2D eigenvalue weighted by atomic mass is 9.71. The Morgan fingerprint density at radius 3 is 2.35 bits per heavy atom. The molecule has 2 aliphatic rings. The van der Waals surface area contributed by atoms with E-state index in [0.717, 1.165) is 53.8 Å². The molecule has 1 fully saturated rings. The summed E-state index contributed by atoms with van der Waals surface area (Å²) in [7, 11) is 0. The normalized spacial score (nSPS) is 21.8. The zero-order chi connectivity index (χ0) is 27.3. The highest BCUT2D eigenvalue weighted by atomic mass is 32.2. The van der Waals surface area contributed by atoms with Crippen LogP contribution in [0.1, 0.15) is 90.7 Å². The van der Waals surface area contributed by atoms with Gasteiger partial charge in [-0.05, 0) is 91.8 Å². The molecular weight excluding hydrogens is 490 g/mol. The molecule has 0 saturated heterocycles. The van der Waals surface area contributed by atoms with Crippen molar-refractivity contribution in [2.24, 2.45) is 5.92 Å². The molecule has 4 rings (SSSR count). The molecule has 1 aliphatic carbocycles. The summed E-state index contributed by atoms with van der Waals surface area (Å²) in [4.78, 5) is 29.1. The first-order valence-corrected chi connectivity index (χ1v) is 14.2. The van der Waals surface area contributed by atoms with E-state index in [1.807, 2.05) is 46.8 Å². The van der Waals surface area contributed by atoms with Gasteiger partial charge in [-0.15, -0.1) is 4.72 Å². The van der Waals surface area contributed by atoms with E-state index in [2.05, 4.69) is 9.88 Å².